The van der Waals surface area contributed by atoms with Crippen LogP contribution in [-0.2, 0) is 9.53 Å². The molecule has 0 spiro atoms. The molecule has 29 heavy (non-hydrogen) atoms. The lowest BCUT2D eigenvalue weighted by Gasteiger charge is -2.13. The van der Waals surface area contributed by atoms with Crippen molar-refractivity contribution in [2.24, 2.45) is 5.73 Å². The molecule has 2 aromatic carbocycles. The van der Waals surface area contributed by atoms with Crippen LogP contribution in [0.1, 0.15) is 17.5 Å². The van der Waals surface area contributed by atoms with Gasteiger partial charge < -0.3 is 24.4 Å². The summed E-state index contributed by atoms with van der Waals surface area (Å²) in [6.07, 6.45) is 0. The lowest BCUT2D eigenvalue weighted by atomic mass is 10.0. The largest absolute Gasteiger partial charge is 0.496 e. The van der Waals surface area contributed by atoms with Crippen molar-refractivity contribution in [3.8, 4) is 22.6 Å². The first-order valence-corrected chi connectivity index (χ1v) is 8.78. The zero-order valence-corrected chi connectivity index (χ0v) is 15.9. The van der Waals surface area contributed by atoms with Gasteiger partial charge in [0, 0.05) is 11.6 Å². The molecule has 0 saturated carbocycles. The summed E-state index contributed by atoms with van der Waals surface area (Å²) in [5.74, 6) is -1.01. The average molecular weight is 397 g/mol. The van der Waals surface area contributed by atoms with Crippen molar-refractivity contribution < 1.29 is 28.2 Å². The van der Waals surface area contributed by atoms with Gasteiger partial charge in [0.25, 0.3) is 5.91 Å². The SMILES string of the molecule is CCOC(=O)c1oc2cc(OCC(N)=O)ccc2c(=O)c1-c1ccccc1OC. The van der Waals surface area contributed by atoms with Crippen molar-refractivity contribution in [1.82, 2.24) is 0 Å². The molecule has 1 heterocycles. The van der Waals surface area contributed by atoms with Crippen molar-refractivity contribution >= 4 is 22.8 Å². The van der Waals surface area contributed by atoms with Crippen LogP contribution in [0, 0.1) is 0 Å². The number of fused-ring (bicyclic) bond motifs is 1. The van der Waals surface area contributed by atoms with Gasteiger partial charge in [-0.15, -0.1) is 0 Å². The fourth-order valence-corrected chi connectivity index (χ4v) is 2.85. The molecule has 0 saturated heterocycles. The molecule has 0 aliphatic carbocycles. The maximum absolute atomic E-state index is 13.3. The maximum Gasteiger partial charge on any atom is 0.375 e. The van der Waals surface area contributed by atoms with Crippen LogP contribution in [-0.4, -0.2) is 32.2 Å². The molecule has 1 amide bonds. The Morgan fingerprint density at radius 2 is 1.90 bits per heavy atom. The Morgan fingerprint density at radius 1 is 1.14 bits per heavy atom. The third-order valence-corrected chi connectivity index (χ3v) is 4.08. The second-order valence-corrected chi connectivity index (χ2v) is 5.97. The smallest absolute Gasteiger partial charge is 0.375 e. The van der Waals surface area contributed by atoms with Gasteiger partial charge in [-0.25, -0.2) is 4.79 Å². The van der Waals surface area contributed by atoms with E-state index in [9.17, 15) is 14.4 Å². The van der Waals surface area contributed by atoms with Crippen molar-refractivity contribution in [3.05, 3.63) is 58.4 Å². The summed E-state index contributed by atoms with van der Waals surface area (Å²) < 4.78 is 21.4. The highest BCUT2D eigenvalue weighted by Crippen LogP contribution is 2.33. The number of hydrogen-bond donors (Lipinski definition) is 1. The van der Waals surface area contributed by atoms with E-state index >= 15 is 0 Å². The number of para-hydroxylation sites is 1. The minimum atomic E-state index is -0.782. The van der Waals surface area contributed by atoms with E-state index in [-0.39, 0.29) is 41.3 Å². The molecule has 2 N–H and O–H groups in total. The normalized spacial score (nSPS) is 10.6. The van der Waals surface area contributed by atoms with Crippen LogP contribution in [0.5, 0.6) is 11.5 Å². The molecule has 0 bridgehead atoms. The Morgan fingerprint density at radius 3 is 2.59 bits per heavy atom. The standard InChI is InChI=1S/C21H19NO7/c1-3-27-21(25)20-18(13-6-4-5-7-15(13)26-2)19(24)14-9-8-12(10-16(14)29-20)28-11-17(22)23/h4-10H,3,11H2,1-2H3,(H2,22,23). The van der Waals surface area contributed by atoms with Gasteiger partial charge in [-0.3, -0.25) is 9.59 Å². The van der Waals surface area contributed by atoms with Gasteiger partial charge in [0.1, 0.15) is 17.1 Å². The number of carbonyl (C=O) groups is 2. The summed E-state index contributed by atoms with van der Waals surface area (Å²) in [6, 6.07) is 11.2. The van der Waals surface area contributed by atoms with Gasteiger partial charge in [0.05, 0.1) is 24.7 Å². The van der Waals surface area contributed by atoms with Crippen LogP contribution in [0.4, 0.5) is 0 Å². The highest BCUT2D eigenvalue weighted by Gasteiger charge is 2.25. The van der Waals surface area contributed by atoms with Gasteiger partial charge in [-0.1, -0.05) is 18.2 Å². The monoisotopic (exact) mass is 397 g/mol. The number of ether oxygens (including phenoxy) is 3. The van der Waals surface area contributed by atoms with E-state index in [2.05, 4.69) is 0 Å². The first-order valence-electron chi connectivity index (χ1n) is 8.78. The van der Waals surface area contributed by atoms with Crippen molar-refractivity contribution in [2.45, 2.75) is 6.92 Å². The van der Waals surface area contributed by atoms with Crippen molar-refractivity contribution in [1.29, 1.82) is 0 Å². The van der Waals surface area contributed by atoms with Gasteiger partial charge in [-0.05, 0) is 25.1 Å². The number of esters is 1. The predicted octanol–water partition coefficient (Wildman–Crippen LogP) is 2.51. The first kappa shape index (κ1) is 19.9. The molecule has 3 aromatic rings. The Kier molecular flexibility index (Phi) is 5.82. The fourth-order valence-electron chi connectivity index (χ4n) is 2.85. The molecular formula is C21H19NO7. The minimum Gasteiger partial charge on any atom is -0.496 e. The van der Waals surface area contributed by atoms with Crippen molar-refractivity contribution in [2.75, 3.05) is 20.3 Å². The molecule has 8 nitrogen and oxygen atoms in total. The maximum atomic E-state index is 13.3. The van der Waals surface area contributed by atoms with E-state index in [4.69, 9.17) is 24.4 Å². The number of rotatable bonds is 7. The molecule has 0 radical (unpaired) electrons. The number of benzene rings is 2. The third-order valence-electron chi connectivity index (χ3n) is 4.08. The average Bonchev–Trinajstić information content (AvgIpc) is 2.72. The third kappa shape index (κ3) is 4.06. The van der Waals surface area contributed by atoms with Crippen LogP contribution in [0.2, 0.25) is 0 Å². The summed E-state index contributed by atoms with van der Waals surface area (Å²) >= 11 is 0. The molecule has 0 fully saturated rings. The Hall–Kier alpha value is -3.81. The molecule has 0 aliphatic heterocycles. The molecule has 0 atom stereocenters. The Labute approximate surface area is 165 Å². The molecule has 0 unspecified atom stereocenters. The summed E-state index contributed by atoms with van der Waals surface area (Å²) in [6.45, 7) is 1.42. The van der Waals surface area contributed by atoms with Gasteiger partial charge in [-0.2, -0.15) is 0 Å². The van der Waals surface area contributed by atoms with Crippen LogP contribution < -0.4 is 20.6 Å². The summed E-state index contributed by atoms with van der Waals surface area (Å²) in [7, 11) is 1.47. The Bertz CT molecular complexity index is 1130. The molecule has 150 valence electrons. The number of amides is 1. The van der Waals surface area contributed by atoms with Crippen LogP contribution in [0.3, 0.4) is 0 Å². The zero-order chi connectivity index (χ0) is 21.0. The molecule has 3 rings (SSSR count). The Balaban J connectivity index is 2.26. The number of hydrogen-bond acceptors (Lipinski definition) is 7. The summed E-state index contributed by atoms with van der Waals surface area (Å²) in [4.78, 5) is 36.7. The molecular weight excluding hydrogens is 378 g/mol. The van der Waals surface area contributed by atoms with Crippen LogP contribution in [0.25, 0.3) is 22.1 Å². The second-order valence-electron chi connectivity index (χ2n) is 5.97. The molecule has 0 aliphatic rings. The van der Waals surface area contributed by atoms with E-state index in [1.165, 1.54) is 25.3 Å². The summed E-state index contributed by atoms with van der Waals surface area (Å²) in [5, 5.41) is 0.227. The van der Waals surface area contributed by atoms with Gasteiger partial charge in [0.15, 0.2) is 6.61 Å². The van der Waals surface area contributed by atoms with E-state index in [1.807, 2.05) is 0 Å². The fraction of sp³-hybridized carbons (Fsp3) is 0.190. The quantitative estimate of drug-likeness (QED) is 0.609. The number of methoxy groups -OCH3 is 1. The topological polar surface area (TPSA) is 118 Å². The minimum absolute atomic E-state index is 0.0409. The lowest BCUT2D eigenvalue weighted by molar-refractivity contribution is -0.119. The zero-order valence-electron chi connectivity index (χ0n) is 15.9. The highest BCUT2D eigenvalue weighted by molar-refractivity contribution is 5.98. The van der Waals surface area contributed by atoms with E-state index < -0.39 is 17.3 Å². The van der Waals surface area contributed by atoms with E-state index in [1.54, 1.807) is 31.2 Å². The summed E-state index contributed by atoms with van der Waals surface area (Å²) in [5.41, 5.74) is 5.20. The van der Waals surface area contributed by atoms with E-state index in [0.717, 1.165) is 0 Å². The van der Waals surface area contributed by atoms with Crippen LogP contribution in [0.15, 0.2) is 51.7 Å². The second kappa shape index (κ2) is 8.47. The molecule has 8 heteroatoms. The lowest BCUT2D eigenvalue weighted by Crippen LogP contribution is -2.20. The van der Waals surface area contributed by atoms with Crippen molar-refractivity contribution in [3.63, 3.8) is 0 Å². The number of primary amides is 1. The van der Waals surface area contributed by atoms with Gasteiger partial charge in [0.2, 0.25) is 11.2 Å². The first-order chi connectivity index (χ1) is 14.0. The van der Waals surface area contributed by atoms with E-state index in [0.29, 0.717) is 11.3 Å². The van der Waals surface area contributed by atoms with Crippen LogP contribution >= 0.6 is 0 Å². The van der Waals surface area contributed by atoms with Gasteiger partial charge >= 0.3 is 5.97 Å². The predicted molar refractivity (Wildman–Crippen MR) is 105 cm³/mol. The number of carbonyl (C=O) groups excluding carboxylic acids is 2. The number of nitrogens with two attached hydrogens (primary N) is 1. The molecule has 1 aromatic heterocycles. The highest BCUT2D eigenvalue weighted by atomic mass is 16.5.